The van der Waals surface area contributed by atoms with E-state index < -0.39 is 18.1 Å². The molecule has 1 aliphatic heterocycles. The van der Waals surface area contributed by atoms with Crippen molar-refractivity contribution in [2.75, 3.05) is 44.4 Å². The van der Waals surface area contributed by atoms with Crippen LogP contribution in [0.15, 0.2) is 35.1 Å². The van der Waals surface area contributed by atoms with Gasteiger partial charge in [0.05, 0.1) is 5.92 Å². The molecule has 8 nitrogen and oxygen atoms in total. The number of rotatable bonds is 8. The van der Waals surface area contributed by atoms with E-state index >= 15 is 0 Å². The number of carbonyl (C=O) groups is 1. The lowest BCUT2D eigenvalue weighted by Crippen LogP contribution is -2.51. The molecule has 2 atom stereocenters. The molecule has 0 aromatic carbocycles. The first-order valence-corrected chi connectivity index (χ1v) is 11.9. The van der Waals surface area contributed by atoms with Gasteiger partial charge in [0.2, 0.25) is 5.88 Å². The molecule has 0 amide bonds. The Kier molecular flexibility index (Phi) is 7.51. The number of pyridine rings is 2. The van der Waals surface area contributed by atoms with Crippen LogP contribution in [-0.4, -0.2) is 66.6 Å². The van der Waals surface area contributed by atoms with E-state index in [1.807, 2.05) is 20.2 Å². The first kappa shape index (κ1) is 25.9. The first-order chi connectivity index (χ1) is 17.0. The number of alkyl halides is 3. The van der Waals surface area contributed by atoms with Crippen LogP contribution in [0.2, 0.25) is 0 Å². The highest BCUT2D eigenvalue weighted by atomic mass is 19.4. The van der Waals surface area contributed by atoms with Crippen LogP contribution in [0, 0.1) is 5.92 Å². The maximum Gasteiger partial charge on any atom is 0.393 e. The van der Waals surface area contributed by atoms with Gasteiger partial charge in [0, 0.05) is 55.4 Å². The van der Waals surface area contributed by atoms with E-state index in [1.165, 1.54) is 12.4 Å². The number of nitrogen functional groups attached to an aromatic ring is 1. The minimum atomic E-state index is -4.35. The summed E-state index contributed by atoms with van der Waals surface area (Å²) in [4.78, 5) is 25.6. The van der Waals surface area contributed by atoms with Crippen molar-refractivity contribution in [3.8, 4) is 0 Å². The van der Waals surface area contributed by atoms with E-state index in [0.29, 0.717) is 22.4 Å². The predicted octanol–water partition coefficient (Wildman–Crippen LogP) is 3.44. The van der Waals surface area contributed by atoms with Crippen LogP contribution < -0.4 is 16.4 Å². The summed E-state index contributed by atoms with van der Waals surface area (Å²) in [6.45, 7) is 0.963. The number of aromatic nitrogens is 2. The van der Waals surface area contributed by atoms with Gasteiger partial charge >= 0.3 is 6.18 Å². The lowest BCUT2D eigenvalue weighted by atomic mass is 9.93. The van der Waals surface area contributed by atoms with Crippen molar-refractivity contribution in [1.82, 2.24) is 14.9 Å². The maximum atomic E-state index is 13.4. The van der Waals surface area contributed by atoms with Crippen LogP contribution in [0.4, 0.5) is 24.7 Å². The van der Waals surface area contributed by atoms with E-state index in [1.54, 1.807) is 17.2 Å². The summed E-state index contributed by atoms with van der Waals surface area (Å²) < 4.78 is 46.0. The third kappa shape index (κ3) is 5.79. The number of ketones is 1. The van der Waals surface area contributed by atoms with E-state index in [4.69, 9.17) is 15.9 Å². The molecule has 1 fully saturated rings. The fraction of sp³-hybridized carbons (Fsp3) is 0.480. The number of Topliss-reactive ketones (excluding diaryl/α,β-unsaturated/α-hetero) is 1. The van der Waals surface area contributed by atoms with Crippen LogP contribution in [0.5, 0.6) is 0 Å². The number of furan rings is 1. The maximum absolute atomic E-state index is 13.4. The molecule has 11 heteroatoms. The molecule has 36 heavy (non-hydrogen) atoms. The van der Waals surface area contributed by atoms with E-state index in [2.05, 4.69) is 14.9 Å². The molecule has 3 aromatic rings. The number of aryl methyl sites for hydroxylation is 1. The van der Waals surface area contributed by atoms with Gasteiger partial charge in [-0.05, 0) is 57.6 Å². The zero-order valence-corrected chi connectivity index (χ0v) is 20.4. The average Bonchev–Trinajstić information content (AvgIpc) is 3.13. The lowest BCUT2D eigenvalue weighted by molar-refractivity contribution is -0.177. The lowest BCUT2D eigenvalue weighted by Gasteiger charge is -2.39. The molecule has 1 aliphatic rings. The van der Waals surface area contributed by atoms with E-state index in [9.17, 15) is 18.0 Å². The average molecular weight is 505 g/mol. The third-order valence-corrected chi connectivity index (χ3v) is 6.48. The van der Waals surface area contributed by atoms with Crippen LogP contribution in [0.3, 0.4) is 0 Å². The van der Waals surface area contributed by atoms with Crippen molar-refractivity contribution < 1.29 is 22.4 Å². The molecule has 0 spiro atoms. The van der Waals surface area contributed by atoms with Gasteiger partial charge in [-0.15, -0.1) is 0 Å². The predicted molar refractivity (Wildman–Crippen MR) is 132 cm³/mol. The van der Waals surface area contributed by atoms with Gasteiger partial charge in [-0.25, -0.2) is 0 Å². The van der Waals surface area contributed by atoms with Crippen molar-refractivity contribution in [2.24, 2.45) is 11.7 Å². The normalized spacial score (nSPS) is 18.8. The number of hydrogen-bond acceptors (Lipinski definition) is 8. The monoisotopic (exact) mass is 504 g/mol. The fourth-order valence-electron chi connectivity index (χ4n) is 4.74. The van der Waals surface area contributed by atoms with Gasteiger partial charge < -0.3 is 25.7 Å². The molecule has 3 aromatic heterocycles. The Bertz CT molecular complexity index is 1230. The minimum Gasteiger partial charge on any atom is -0.438 e. The number of piperidine rings is 1. The molecule has 1 saturated heterocycles. The molecular formula is C25H31F3N6O2. The number of halogens is 3. The second kappa shape index (κ2) is 10.4. The second-order valence-electron chi connectivity index (χ2n) is 9.68. The standard InChI is InChI=1S/C25H31F3N6O2/c1-33(2)7-3-4-15-8-21-23(32-11-15)22(24(30)36-21)20(35)9-16-12-31-6-5-19(16)34-13-17(25(26,27)28)10-18(29)14-34/h5-6,8,11-12,17-18H,3-4,7,9-10,13-14,29-30H2,1-2H3/t17-,18+/m1/s1. The zero-order valence-electron chi connectivity index (χ0n) is 20.4. The number of carbonyl (C=O) groups excluding carboxylic acids is 1. The summed E-state index contributed by atoms with van der Waals surface area (Å²) in [5.41, 5.74) is 15.0. The smallest absolute Gasteiger partial charge is 0.393 e. The third-order valence-electron chi connectivity index (χ3n) is 6.48. The Labute approximate surface area is 207 Å². The summed E-state index contributed by atoms with van der Waals surface area (Å²) in [6.07, 6.45) is 1.86. The largest absolute Gasteiger partial charge is 0.438 e. The molecule has 0 bridgehead atoms. The molecule has 0 aliphatic carbocycles. The highest BCUT2D eigenvalue weighted by Gasteiger charge is 2.44. The van der Waals surface area contributed by atoms with Crippen LogP contribution in [0.25, 0.3) is 11.1 Å². The number of anilines is 2. The van der Waals surface area contributed by atoms with Gasteiger partial charge in [-0.2, -0.15) is 13.2 Å². The van der Waals surface area contributed by atoms with Crippen molar-refractivity contribution >= 4 is 28.5 Å². The van der Waals surface area contributed by atoms with Crippen molar-refractivity contribution in [2.45, 2.75) is 37.9 Å². The molecule has 0 radical (unpaired) electrons. The summed E-state index contributed by atoms with van der Waals surface area (Å²) >= 11 is 0. The second-order valence-corrected chi connectivity index (χ2v) is 9.68. The van der Waals surface area contributed by atoms with E-state index in [-0.39, 0.29) is 43.2 Å². The number of nitrogens with two attached hydrogens (primary N) is 2. The Balaban J connectivity index is 1.56. The molecular weight excluding hydrogens is 473 g/mol. The molecule has 194 valence electrons. The molecule has 4 rings (SSSR count). The van der Waals surface area contributed by atoms with Gasteiger partial charge in [0.15, 0.2) is 11.4 Å². The van der Waals surface area contributed by atoms with Crippen molar-refractivity contribution in [3.63, 3.8) is 0 Å². The van der Waals surface area contributed by atoms with Crippen LogP contribution in [-0.2, 0) is 12.8 Å². The summed E-state index contributed by atoms with van der Waals surface area (Å²) in [5.74, 6) is -1.92. The SMILES string of the molecule is CN(C)CCCc1cnc2c(C(=O)Cc3cnccc3N3C[C@@H](N)C[C@@H](C(F)(F)F)C3)c(N)oc2c1. The van der Waals surface area contributed by atoms with Crippen LogP contribution in [0.1, 0.15) is 34.3 Å². The molecule has 4 N–H and O–H groups in total. The quantitative estimate of drug-likeness (QED) is 0.449. The Hall–Kier alpha value is -3.18. The number of fused-ring (bicyclic) bond motifs is 1. The first-order valence-electron chi connectivity index (χ1n) is 11.9. The van der Waals surface area contributed by atoms with Gasteiger partial charge in [-0.3, -0.25) is 14.8 Å². The van der Waals surface area contributed by atoms with Gasteiger partial charge in [0.1, 0.15) is 11.1 Å². The topological polar surface area (TPSA) is 115 Å². The van der Waals surface area contributed by atoms with Crippen molar-refractivity contribution in [1.29, 1.82) is 0 Å². The van der Waals surface area contributed by atoms with E-state index in [0.717, 1.165) is 24.9 Å². The van der Waals surface area contributed by atoms with Crippen LogP contribution >= 0.6 is 0 Å². The molecule has 4 heterocycles. The van der Waals surface area contributed by atoms with Gasteiger partial charge in [-0.1, -0.05) is 0 Å². The molecule has 0 saturated carbocycles. The Morgan fingerprint density at radius 3 is 2.78 bits per heavy atom. The zero-order chi connectivity index (χ0) is 26.0. The summed E-state index contributed by atoms with van der Waals surface area (Å²) in [5, 5.41) is 0. The number of nitrogens with zero attached hydrogens (tertiary/aromatic N) is 4. The Morgan fingerprint density at radius 2 is 2.06 bits per heavy atom. The highest BCUT2D eigenvalue weighted by molar-refractivity contribution is 6.10. The van der Waals surface area contributed by atoms with Crippen molar-refractivity contribution in [3.05, 3.63) is 47.4 Å². The summed E-state index contributed by atoms with van der Waals surface area (Å²) in [7, 11) is 4.02. The summed E-state index contributed by atoms with van der Waals surface area (Å²) in [6, 6.07) is 2.82. The highest BCUT2D eigenvalue weighted by Crippen LogP contribution is 2.36. The minimum absolute atomic E-state index is 0.0319. The number of hydrogen-bond donors (Lipinski definition) is 2. The van der Waals surface area contributed by atoms with Gasteiger partial charge in [0.25, 0.3) is 0 Å². The fourth-order valence-corrected chi connectivity index (χ4v) is 4.74. The molecule has 0 unspecified atom stereocenters. The Morgan fingerprint density at radius 1 is 1.28 bits per heavy atom.